The Morgan fingerprint density at radius 2 is 2.14 bits per heavy atom. The highest BCUT2D eigenvalue weighted by Crippen LogP contribution is 2.41. The van der Waals surface area contributed by atoms with Gasteiger partial charge in [-0.3, -0.25) is 4.79 Å². The summed E-state index contributed by atoms with van der Waals surface area (Å²) in [5.41, 5.74) is 3.90. The minimum Gasteiger partial charge on any atom is -0.497 e. The first-order chi connectivity index (χ1) is 14.0. The molecule has 5 rings (SSSR count). The van der Waals surface area contributed by atoms with E-state index in [1.54, 1.807) is 11.8 Å². The Morgan fingerprint density at radius 3 is 2.93 bits per heavy atom. The minimum atomic E-state index is -0.0422. The molecule has 0 saturated heterocycles. The molecule has 1 aliphatic heterocycles. The fraction of sp³-hybridized carbons (Fsp3) is 0.190. The van der Waals surface area contributed by atoms with Crippen LogP contribution in [0.1, 0.15) is 29.2 Å². The monoisotopic (exact) mass is 468 g/mol. The predicted molar refractivity (Wildman–Crippen MR) is 117 cm³/mol. The standard InChI is InChI=1S/C21H17BrN4O2S/c1-11-19-15(12-4-3-5-13(22)8-12)10-18(27)24-20(19)26(25-11)21-23-16-7-6-14(28-2)9-17(16)29-21/h3-9,15H,10H2,1-2H3,(H,24,27). The third-order valence-corrected chi connectivity index (χ3v) is 6.61. The first-order valence-corrected chi connectivity index (χ1v) is 10.7. The Morgan fingerprint density at radius 1 is 1.28 bits per heavy atom. The molecule has 1 amide bonds. The van der Waals surface area contributed by atoms with E-state index in [0.717, 1.165) is 37.3 Å². The van der Waals surface area contributed by atoms with Crippen molar-refractivity contribution in [3.05, 3.63) is 63.8 Å². The van der Waals surface area contributed by atoms with E-state index < -0.39 is 0 Å². The van der Waals surface area contributed by atoms with Crippen molar-refractivity contribution in [1.82, 2.24) is 14.8 Å². The minimum absolute atomic E-state index is 0.0218. The highest BCUT2D eigenvalue weighted by molar-refractivity contribution is 9.10. The van der Waals surface area contributed by atoms with Crippen LogP contribution < -0.4 is 10.1 Å². The number of methoxy groups -OCH3 is 1. The summed E-state index contributed by atoms with van der Waals surface area (Å²) < 4.78 is 9.07. The van der Waals surface area contributed by atoms with Crippen molar-refractivity contribution in [2.45, 2.75) is 19.3 Å². The van der Waals surface area contributed by atoms with E-state index >= 15 is 0 Å². The van der Waals surface area contributed by atoms with Gasteiger partial charge in [0.15, 0.2) is 0 Å². The number of ether oxygens (including phenoxy) is 1. The van der Waals surface area contributed by atoms with Crippen molar-refractivity contribution in [2.75, 3.05) is 12.4 Å². The summed E-state index contributed by atoms with van der Waals surface area (Å²) in [5.74, 6) is 1.43. The fourth-order valence-electron chi connectivity index (χ4n) is 3.80. The molecule has 146 valence electrons. The molecule has 1 unspecified atom stereocenters. The lowest BCUT2D eigenvalue weighted by Crippen LogP contribution is -2.24. The molecule has 0 spiro atoms. The van der Waals surface area contributed by atoms with E-state index in [1.165, 1.54) is 11.3 Å². The number of halogens is 1. The molecule has 1 N–H and O–H groups in total. The first kappa shape index (κ1) is 18.3. The lowest BCUT2D eigenvalue weighted by atomic mass is 9.86. The molecule has 8 heteroatoms. The maximum Gasteiger partial charge on any atom is 0.226 e. The van der Waals surface area contributed by atoms with Crippen molar-refractivity contribution in [3.8, 4) is 10.9 Å². The van der Waals surface area contributed by atoms with Crippen LogP contribution in [0.5, 0.6) is 5.75 Å². The van der Waals surface area contributed by atoms with Gasteiger partial charge in [0.1, 0.15) is 11.6 Å². The number of thiazole rings is 1. The Labute approximate surface area is 179 Å². The number of aryl methyl sites for hydroxylation is 1. The van der Waals surface area contributed by atoms with E-state index in [2.05, 4.69) is 33.4 Å². The summed E-state index contributed by atoms with van der Waals surface area (Å²) >= 11 is 5.05. The van der Waals surface area contributed by atoms with Crippen molar-refractivity contribution >= 4 is 49.2 Å². The molecule has 1 aliphatic rings. The maximum absolute atomic E-state index is 12.5. The molecule has 1 atom stereocenters. The number of nitrogens with zero attached hydrogens (tertiary/aromatic N) is 3. The van der Waals surface area contributed by atoms with Crippen LogP contribution >= 0.6 is 27.3 Å². The van der Waals surface area contributed by atoms with Gasteiger partial charge >= 0.3 is 0 Å². The molecule has 0 saturated carbocycles. The number of fused-ring (bicyclic) bond motifs is 2. The maximum atomic E-state index is 12.5. The van der Waals surface area contributed by atoms with Gasteiger partial charge in [-0.05, 0) is 42.8 Å². The first-order valence-electron chi connectivity index (χ1n) is 9.13. The van der Waals surface area contributed by atoms with Crippen LogP contribution in [0.25, 0.3) is 15.3 Å². The summed E-state index contributed by atoms with van der Waals surface area (Å²) in [6, 6.07) is 13.9. The van der Waals surface area contributed by atoms with Crippen LogP contribution in [0.3, 0.4) is 0 Å². The number of benzene rings is 2. The molecule has 6 nitrogen and oxygen atoms in total. The summed E-state index contributed by atoms with van der Waals surface area (Å²) in [4.78, 5) is 17.3. The van der Waals surface area contributed by atoms with E-state index in [0.29, 0.717) is 17.4 Å². The van der Waals surface area contributed by atoms with Gasteiger partial charge in [-0.2, -0.15) is 9.78 Å². The Balaban J connectivity index is 1.66. The topological polar surface area (TPSA) is 69.0 Å². The summed E-state index contributed by atoms with van der Waals surface area (Å²) in [6.45, 7) is 1.98. The van der Waals surface area contributed by atoms with Crippen molar-refractivity contribution < 1.29 is 9.53 Å². The number of anilines is 1. The molecular formula is C21H17BrN4O2S. The van der Waals surface area contributed by atoms with Gasteiger partial charge in [-0.25, -0.2) is 4.98 Å². The number of hydrogen-bond donors (Lipinski definition) is 1. The molecule has 0 fully saturated rings. The van der Waals surface area contributed by atoms with E-state index in [1.807, 2.05) is 37.3 Å². The van der Waals surface area contributed by atoms with E-state index in [-0.39, 0.29) is 11.8 Å². The number of carbonyl (C=O) groups excluding carboxylic acids is 1. The van der Waals surface area contributed by atoms with Crippen molar-refractivity contribution in [1.29, 1.82) is 0 Å². The molecule has 2 aromatic carbocycles. The number of aromatic nitrogens is 3. The third-order valence-electron chi connectivity index (χ3n) is 5.12. The van der Waals surface area contributed by atoms with Gasteiger partial charge in [0.25, 0.3) is 0 Å². The largest absolute Gasteiger partial charge is 0.497 e. The molecule has 0 bridgehead atoms. The number of rotatable bonds is 3. The second-order valence-corrected chi connectivity index (χ2v) is 8.87. The van der Waals surface area contributed by atoms with Crippen LogP contribution in [-0.2, 0) is 4.79 Å². The van der Waals surface area contributed by atoms with Gasteiger partial charge in [0, 0.05) is 22.4 Å². The van der Waals surface area contributed by atoms with E-state index in [4.69, 9.17) is 14.8 Å². The second-order valence-electron chi connectivity index (χ2n) is 6.95. The SMILES string of the molecule is COc1ccc2nc(-n3nc(C)c4c3NC(=O)CC4c3cccc(Br)c3)sc2c1. The lowest BCUT2D eigenvalue weighted by Gasteiger charge is -2.24. The number of nitrogens with one attached hydrogen (secondary N) is 1. The molecule has 2 aromatic heterocycles. The average molecular weight is 469 g/mol. The lowest BCUT2D eigenvalue weighted by molar-refractivity contribution is -0.116. The van der Waals surface area contributed by atoms with Gasteiger partial charge in [0.2, 0.25) is 11.0 Å². The zero-order valence-electron chi connectivity index (χ0n) is 15.8. The quantitative estimate of drug-likeness (QED) is 0.457. The predicted octanol–water partition coefficient (Wildman–Crippen LogP) is 5.04. The van der Waals surface area contributed by atoms with Gasteiger partial charge in [-0.1, -0.05) is 39.4 Å². The smallest absolute Gasteiger partial charge is 0.226 e. The Hall–Kier alpha value is -2.71. The number of carbonyl (C=O) groups is 1. The molecule has 29 heavy (non-hydrogen) atoms. The summed E-state index contributed by atoms with van der Waals surface area (Å²) in [5, 5.41) is 8.48. The zero-order valence-corrected chi connectivity index (χ0v) is 18.2. The highest BCUT2D eigenvalue weighted by Gasteiger charge is 2.33. The van der Waals surface area contributed by atoms with Gasteiger partial charge < -0.3 is 10.1 Å². The van der Waals surface area contributed by atoms with Crippen LogP contribution in [-0.4, -0.2) is 27.8 Å². The van der Waals surface area contributed by atoms with Crippen LogP contribution in [0.2, 0.25) is 0 Å². The van der Waals surface area contributed by atoms with Gasteiger partial charge in [0.05, 0.1) is 23.0 Å². The fourth-order valence-corrected chi connectivity index (χ4v) is 5.17. The average Bonchev–Trinajstić information content (AvgIpc) is 3.27. The Kier molecular flexibility index (Phi) is 4.40. The van der Waals surface area contributed by atoms with Crippen LogP contribution in [0, 0.1) is 6.92 Å². The van der Waals surface area contributed by atoms with Crippen LogP contribution in [0.15, 0.2) is 46.9 Å². The van der Waals surface area contributed by atoms with Crippen LogP contribution in [0.4, 0.5) is 5.82 Å². The highest BCUT2D eigenvalue weighted by atomic mass is 79.9. The second kappa shape index (κ2) is 6.96. The molecule has 4 aromatic rings. The summed E-state index contributed by atoms with van der Waals surface area (Å²) in [6.07, 6.45) is 0.396. The number of hydrogen-bond acceptors (Lipinski definition) is 5. The van der Waals surface area contributed by atoms with Crippen molar-refractivity contribution in [3.63, 3.8) is 0 Å². The van der Waals surface area contributed by atoms with Crippen molar-refractivity contribution in [2.24, 2.45) is 0 Å². The molecule has 3 heterocycles. The zero-order chi connectivity index (χ0) is 20.1. The normalized spacial score (nSPS) is 16.0. The number of amides is 1. The van der Waals surface area contributed by atoms with Gasteiger partial charge in [-0.15, -0.1) is 0 Å². The molecule has 0 radical (unpaired) electrons. The summed E-state index contributed by atoms with van der Waals surface area (Å²) in [7, 11) is 1.65. The molecular weight excluding hydrogens is 452 g/mol. The van der Waals surface area contributed by atoms with E-state index in [9.17, 15) is 4.79 Å². The Bertz CT molecular complexity index is 1260. The molecule has 0 aliphatic carbocycles. The third kappa shape index (κ3) is 3.12.